The summed E-state index contributed by atoms with van der Waals surface area (Å²) in [6.45, 7) is 4.18. The number of hydrogen-bond donors (Lipinski definition) is 0. The Kier molecular flexibility index (Phi) is 7.58. The molecule has 1 aliphatic rings. The Morgan fingerprint density at radius 3 is 2.24 bits per heavy atom. The first kappa shape index (κ1) is 26.6. The minimum atomic E-state index is -0.786. The lowest BCUT2D eigenvalue weighted by Crippen LogP contribution is -2.39. The van der Waals surface area contributed by atoms with E-state index in [9.17, 15) is 19.2 Å². The molecule has 10 nitrogen and oxygen atoms in total. The minimum Gasteiger partial charge on any atom is -0.497 e. The predicted molar refractivity (Wildman–Crippen MR) is 138 cm³/mol. The molecule has 2 aromatic carbocycles. The number of allylic oxidation sites excluding steroid dienone is 1. The molecule has 0 unspecified atom stereocenters. The summed E-state index contributed by atoms with van der Waals surface area (Å²) in [7, 11) is 2.82. The van der Waals surface area contributed by atoms with Crippen LogP contribution in [0.5, 0.6) is 17.2 Å². The molecule has 4 rings (SSSR count). The smallest absolute Gasteiger partial charge is 0.338 e. The molecule has 1 aliphatic heterocycles. The number of hydrogen-bond acceptors (Lipinski definition) is 10. The molecule has 0 saturated heterocycles. The molecule has 2 heterocycles. The third kappa shape index (κ3) is 5.28. The summed E-state index contributed by atoms with van der Waals surface area (Å²) in [5, 5.41) is 0. The van der Waals surface area contributed by atoms with Gasteiger partial charge in [-0.25, -0.2) is 9.79 Å². The van der Waals surface area contributed by atoms with E-state index in [1.54, 1.807) is 50.4 Å². The van der Waals surface area contributed by atoms with E-state index in [2.05, 4.69) is 4.99 Å². The normalized spacial score (nSPS) is 14.9. The van der Waals surface area contributed by atoms with Crippen molar-refractivity contribution in [3.05, 3.63) is 84.5 Å². The van der Waals surface area contributed by atoms with Crippen LogP contribution in [0.25, 0.3) is 6.08 Å². The zero-order chi connectivity index (χ0) is 27.6. The topological polar surface area (TPSA) is 122 Å². The molecule has 196 valence electrons. The number of esters is 3. The maximum atomic E-state index is 13.7. The fourth-order valence-electron chi connectivity index (χ4n) is 4.04. The summed E-state index contributed by atoms with van der Waals surface area (Å²) in [6.07, 6.45) is 1.56. The third-order valence-electron chi connectivity index (χ3n) is 5.65. The van der Waals surface area contributed by atoms with Gasteiger partial charge in [-0.15, -0.1) is 0 Å². The van der Waals surface area contributed by atoms with E-state index in [-0.39, 0.29) is 21.6 Å². The molecular weight excluding hydrogens is 512 g/mol. The zero-order valence-corrected chi connectivity index (χ0v) is 22.1. The van der Waals surface area contributed by atoms with Gasteiger partial charge in [0.15, 0.2) is 4.80 Å². The summed E-state index contributed by atoms with van der Waals surface area (Å²) in [6, 6.07) is 10.7. The number of rotatable bonds is 6. The Labute approximate surface area is 221 Å². The predicted octanol–water partition coefficient (Wildman–Crippen LogP) is 2.27. The third-order valence-corrected chi connectivity index (χ3v) is 6.63. The molecule has 0 aliphatic carbocycles. The van der Waals surface area contributed by atoms with Crippen molar-refractivity contribution in [3.8, 4) is 17.2 Å². The summed E-state index contributed by atoms with van der Waals surface area (Å²) < 4.78 is 22.4. The molecule has 0 spiro atoms. The summed E-state index contributed by atoms with van der Waals surface area (Å²) in [5.74, 6) is -0.796. The van der Waals surface area contributed by atoms with Crippen LogP contribution in [0.2, 0.25) is 0 Å². The maximum absolute atomic E-state index is 13.7. The molecule has 3 aromatic rings. The van der Waals surface area contributed by atoms with Crippen molar-refractivity contribution in [2.24, 2.45) is 4.99 Å². The second kappa shape index (κ2) is 10.9. The average Bonchev–Trinajstić information content (AvgIpc) is 3.18. The van der Waals surface area contributed by atoms with Crippen LogP contribution in [0.3, 0.4) is 0 Å². The average molecular weight is 537 g/mol. The van der Waals surface area contributed by atoms with Crippen molar-refractivity contribution in [3.63, 3.8) is 0 Å². The first-order valence-electron chi connectivity index (χ1n) is 11.4. The number of carbonyl (C=O) groups excluding carboxylic acids is 3. The lowest BCUT2D eigenvalue weighted by molar-refractivity contribution is -0.137. The van der Waals surface area contributed by atoms with E-state index in [0.717, 1.165) is 11.3 Å². The van der Waals surface area contributed by atoms with Gasteiger partial charge >= 0.3 is 17.9 Å². The van der Waals surface area contributed by atoms with Gasteiger partial charge < -0.3 is 18.9 Å². The van der Waals surface area contributed by atoms with Crippen LogP contribution >= 0.6 is 11.3 Å². The van der Waals surface area contributed by atoms with Crippen LogP contribution < -0.4 is 29.1 Å². The van der Waals surface area contributed by atoms with Crippen LogP contribution in [0.1, 0.15) is 37.9 Å². The number of thiazole rings is 1. The molecule has 11 heteroatoms. The molecule has 0 fully saturated rings. The van der Waals surface area contributed by atoms with Crippen molar-refractivity contribution in [1.82, 2.24) is 4.57 Å². The maximum Gasteiger partial charge on any atom is 0.338 e. The van der Waals surface area contributed by atoms with Crippen molar-refractivity contribution >= 4 is 35.3 Å². The standard InChI is InChI=1S/C27H24N2O8S/c1-14-23(26(33)35-5)24(17-6-9-19(34-4)10-7-17)29-25(32)22(38-27(29)28-14)12-18-8-11-20(36-15(2)30)13-21(18)37-16(3)31/h6-13,24H,1-5H3/b22-12-/t24-/m0/s1. The van der Waals surface area contributed by atoms with E-state index in [4.69, 9.17) is 18.9 Å². The lowest BCUT2D eigenvalue weighted by Gasteiger charge is -2.24. The minimum absolute atomic E-state index is 0.111. The zero-order valence-electron chi connectivity index (χ0n) is 21.3. The van der Waals surface area contributed by atoms with Crippen LogP contribution in [-0.2, 0) is 19.1 Å². The number of aromatic nitrogens is 1. The van der Waals surface area contributed by atoms with Gasteiger partial charge in [-0.1, -0.05) is 23.5 Å². The molecule has 0 saturated carbocycles. The molecule has 1 atom stereocenters. The molecular formula is C27H24N2O8S. The van der Waals surface area contributed by atoms with E-state index in [0.29, 0.717) is 27.4 Å². The van der Waals surface area contributed by atoms with Crippen molar-refractivity contribution < 1.29 is 33.3 Å². The van der Waals surface area contributed by atoms with Crippen LogP contribution in [0.4, 0.5) is 0 Å². The highest BCUT2D eigenvalue weighted by Gasteiger charge is 2.33. The van der Waals surface area contributed by atoms with Gasteiger partial charge in [-0.3, -0.25) is 19.0 Å². The highest BCUT2D eigenvalue weighted by molar-refractivity contribution is 7.07. The Balaban J connectivity index is 1.92. The van der Waals surface area contributed by atoms with Gasteiger partial charge in [-0.2, -0.15) is 0 Å². The number of benzene rings is 2. The second-order valence-corrected chi connectivity index (χ2v) is 9.24. The SMILES string of the molecule is COC(=O)C1=C(C)N=c2s/c(=C\c3ccc(OC(C)=O)cc3OC(C)=O)c(=O)n2[C@H]1c1ccc(OC)cc1. The van der Waals surface area contributed by atoms with Gasteiger partial charge in [0, 0.05) is 25.5 Å². The van der Waals surface area contributed by atoms with Crippen LogP contribution in [-0.4, -0.2) is 36.7 Å². The van der Waals surface area contributed by atoms with E-state index in [1.807, 2.05) is 0 Å². The first-order chi connectivity index (χ1) is 18.1. The van der Waals surface area contributed by atoms with E-state index >= 15 is 0 Å². The monoisotopic (exact) mass is 536 g/mol. The van der Waals surface area contributed by atoms with E-state index in [1.165, 1.54) is 37.7 Å². The van der Waals surface area contributed by atoms with Gasteiger partial charge in [0.1, 0.15) is 17.2 Å². The van der Waals surface area contributed by atoms with Gasteiger partial charge in [0.25, 0.3) is 5.56 Å². The van der Waals surface area contributed by atoms with Crippen molar-refractivity contribution in [2.75, 3.05) is 14.2 Å². The largest absolute Gasteiger partial charge is 0.497 e. The fraction of sp³-hybridized carbons (Fsp3) is 0.222. The Hall–Kier alpha value is -4.51. The number of ether oxygens (including phenoxy) is 4. The van der Waals surface area contributed by atoms with Gasteiger partial charge in [-0.05, 0) is 42.8 Å². The number of methoxy groups -OCH3 is 2. The fourth-order valence-corrected chi connectivity index (χ4v) is 5.08. The Bertz CT molecular complexity index is 1650. The van der Waals surface area contributed by atoms with Crippen LogP contribution in [0, 0.1) is 0 Å². The molecule has 38 heavy (non-hydrogen) atoms. The summed E-state index contributed by atoms with van der Waals surface area (Å²) in [5.41, 5.74) is 1.34. The van der Waals surface area contributed by atoms with E-state index < -0.39 is 29.5 Å². The highest BCUT2D eigenvalue weighted by atomic mass is 32.1. The Morgan fingerprint density at radius 1 is 0.974 bits per heavy atom. The summed E-state index contributed by atoms with van der Waals surface area (Å²) >= 11 is 1.12. The number of carbonyl (C=O) groups is 3. The Morgan fingerprint density at radius 2 is 1.63 bits per heavy atom. The molecule has 0 bridgehead atoms. The quantitative estimate of drug-likeness (QED) is 0.347. The molecule has 0 radical (unpaired) electrons. The van der Waals surface area contributed by atoms with Crippen LogP contribution in [0.15, 0.2) is 63.5 Å². The second-order valence-electron chi connectivity index (χ2n) is 8.23. The molecule has 1 aromatic heterocycles. The summed E-state index contributed by atoms with van der Waals surface area (Å²) in [4.78, 5) is 54.5. The van der Waals surface area contributed by atoms with Gasteiger partial charge in [0.2, 0.25) is 0 Å². The molecule has 0 amide bonds. The molecule has 0 N–H and O–H groups in total. The lowest BCUT2D eigenvalue weighted by atomic mass is 9.96. The first-order valence-corrected chi connectivity index (χ1v) is 12.2. The highest BCUT2D eigenvalue weighted by Crippen LogP contribution is 2.31. The number of fused-ring (bicyclic) bond motifs is 1. The number of nitrogens with zero attached hydrogens (tertiary/aromatic N) is 2. The van der Waals surface area contributed by atoms with Crippen molar-refractivity contribution in [2.45, 2.75) is 26.8 Å². The van der Waals surface area contributed by atoms with Crippen molar-refractivity contribution in [1.29, 1.82) is 0 Å². The van der Waals surface area contributed by atoms with Gasteiger partial charge in [0.05, 0.1) is 36.1 Å².